The van der Waals surface area contributed by atoms with Crippen molar-refractivity contribution in [1.82, 2.24) is 0 Å². The number of carboxylic acid groups (broad SMARTS) is 1. The normalized spacial score (nSPS) is 26.5. The fourth-order valence-corrected chi connectivity index (χ4v) is 6.16. The van der Waals surface area contributed by atoms with E-state index < -0.39 is 133 Å². The molecule has 12 N–H and O–H groups in total. The molecule has 0 spiro atoms. The summed E-state index contributed by atoms with van der Waals surface area (Å²) < 4.78 is 39.1. The number of fused-ring (bicyclic) bond motifs is 1. The van der Waals surface area contributed by atoms with Crippen molar-refractivity contribution in [2.24, 2.45) is 0 Å². The van der Waals surface area contributed by atoms with E-state index in [1.165, 1.54) is 30.3 Å². The van der Waals surface area contributed by atoms with E-state index in [2.05, 4.69) is 0 Å². The summed E-state index contributed by atoms with van der Waals surface area (Å²) in [5.41, 5.74) is 0.0857. The Labute approximate surface area is 342 Å². The highest BCUT2D eigenvalue weighted by atomic mass is 16.7. The molecule has 1 aromatic heterocycles. The van der Waals surface area contributed by atoms with Gasteiger partial charge >= 0.3 is 29.3 Å². The molecule has 3 heterocycles. The van der Waals surface area contributed by atoms with Crippen LogP contribution < -0.4 is 9.47 Å². The van der Waals surface area contributed by atoms with Gasteiger partial charge in [-0.05, 0) is 23.8 Å². The highest BCUT2D eigenvalue weighted by Crippen LogP contribution is 2.45. The monoisotopic (exact) mass is 859 g/mol. The summed E-state index contributed by atoms with van der Waals surface area (Å²) in [5, 5.41) is 124. The van der Waals surface area contributed by atoms with Crippen LogP contribution in [0, 0.1) is 0 Å². The molecule has 2 aliphatic rings. The molecule has 22 nitrogen and oxygen atoms in total. The van der Waals surface area contributed by atoms with Gasteiger partial charge in [-0.25, -0.2) is 9.21 Å². The van der Waals surface area contributed by atoms with E-state index in [-0.39, 0.29) is 28.0 Å². The number of ether oxygens (including phenoxy) is 6. The van der Waals surface area contributed by atoms with Gasteiger partial charge in [0.15, 0.2) is 17.2 Å². The Balaban J connectivity index is 1.31. The first-order valence-corrected chi connectivity index (χ1v) is 18.0. The van der Waals surface area contributed by atoms with E-state index in [1.807, 2.05) is 0 Å². The second-order valence-electron chi connectivity index (χ2n) is 13.7. The molecule has 0 radical (unpaired) electrons. The van der Waals surface area contributed by atoms with Crippen molar-refractivity contribution < 1.29 is 109 Å². The van der Waals surface area contributed by atoms with Crippen LogP contribution in [0.4, 0.5) is 0 Å². The first-order chi connectivity index (χ1) is 28.9. The van der Waals surface area contributed by atoms with Crippen LogP contribution >= 0.6 is 0 Å². The summed E-state index contributed by atoms with van der Waals surface area (Å²) in [6.07, 6.45) is -17.2. The van der Waals surface area contributed by atoms with Crippen molar-refractivity contribution in [3.05, 3.63) is 66.2 Å². The second-order valence-corrected chi connectivity index (χ2v) is 13.7. The van der Waals surface area contributed by atoms with E-state index in [9.17, 15) is 70.6 Å². The maximum absolute atomic E-state index is 12.5. The van der Waals surface area contributed by atoms with Gasteiger partial charge in [-0.2, -0.15) is 0 Å². The minimum atomic E-state index is -2.02. The van der Waals surface area contributed by atoms with Gasteiger partial charge in [0.2, 0.25) is 18.3 Å². The highest BCUT2D eigenvalue weighted by molar-refractivity contribution is 5.90. The third-order valence-corrected chi connectivity index (χ3v) is 9.35. The summed E-state index contributed by atoms with van der Waals surface area (Å²) in [5.74, 6) is -7.96. The molecular formula is C39H39O22+. The first-order valence-electron chi connectivity index (χ1n) is 18.0. The number of phenols is 5. The lowest BCUT2D eigenvalue weighted by atomic mass is 9.99. The summed E-state index contributed by atoms with van der Waals surface area (Å²) in [6.45, 7) is -1.47. The van der Waals surface area contributed by atoms with Gasteiger partial charge < -0.3 is 89.7 Å². The van der Waals surface area contributed by atoms with Crippen LogP contribution in [-0.4, -0.2) is 154 Å². The molecule has 2 aliphatic heterocycles. The van der Waals surface area contributed by atoms with Crippen LogP contribution in [0.15, 0.2) is 65.1 Å². The Morgan fingerprint density at radius 3 is 1.79 bits per heavy atom. The number of carboxylic acids is 1. The van der Waals surface area contributed by atoms with Crippen molar-refractivity contribution in [3.63, 3.8) is 0 Å². The van der Waals surface area contributed by atoms with Crippen LogP contribution in [0.25, 0.3) is 28.4 Å². The third kappa shape index (κ3) is 10.1. The van der Waals surface area contributed by atoms with E-state index in [1.54, 1.807) is 0 Å². The molecule has 0 aliphatic carbocycles. The molecule has 0 saturated carbocycles. The summed E-state index contributed by atoms with van der Waals surface area (Å²) in [6, 6.07) is 10.9. The number of phenolic OH excluding ortho intramolecular Hbond substituents is 5. The quantitative estimate of drug-likeness (QED) is 0.0266. The van der Waals surface area contributed by atoms with Crippen molar-refractivity contribution in [1.29, 1.82) is 0 Å². The molecule has 2 saturated heterocycles. The molecule has 0 amide bonds. The molecule has 6 rings (SSSR count). The predicted molar refractivity (Wildman–Crippen MR) is 199 cm³/mol. The fourth-order valence-electron chi connectivity index (χ4n) is 6.16. The number of aliphatic carboxylic acids is 1. The molecule has 0 bridgehead atoms. The average Bonchev–Trinajstić information content (AvgIpc) is 3.21. The topological polar surface area (TPSA) is 361 Å². The summed E-state index contributed by atoms with van der Waals surface area (Å²) in [7, 11) is 0. The zero-order valence-electron chi connectivity index (χ0n) is 31.2. The van der Waals surface area contributed by atoms with Crippen molar-refractivity contribution in [2.45, 2.75) is 67.8 Å². The Morgan fingerprint density at radius 2 is 1.21 bits per heavy atom. The molecule has 0 unspecified atom stereocenters. The molecule has 3 aromatic carbocycles. The van der Waals surface area contributed by atoms with Crippen LogP contribution in [-0.2, 0) is 33.3 Å². The number of esters is 2. The Hall–Kier alpha value is -6.50. The van der Waals surface area contributed by atoms with E-state index >= 15 is 0 Å². The second kappa shape index (κ2) is 18.4. The zero-order valence-corrected chi connectivity index (χ0v) is 31.2. The zero-order chi connectivity index (χ0) is 44.3. The number of benzene rings is 3. The Kier molecular flexibility index (Phi) is 13.3. The molecule has 2 fully saturated rings. The summed E-state index contributed by atoms with van der Waals surface area (Å²) in [4.78, 5) is 35.2. The molecule has 326 valence electrons. The van der Waals surface area contributed by atoms with Crippen LogP contribution in [0.3, 0.4) is 0 Å². The minimum Gasteiger partial charge on any atom is -0.508 e. The molecule has 61 heavy (non-hydrogen) atoms. The van der Waals surface area contributed by atoms with E-state index in [0.717, 1.165) is 36.4 Å². The van der Waals surface area contributed by atoms with Gasteiger partial charge in [0.1, 0.15) is 91.1 Å². The number of aliphatic hydroxyl groups excluding tert-OH is 6. The molecule has 4 aromatic rings. The van der Waals surface area contributed by atoms with Crippen molar-refractivity contribution in [3.8, 4) is 51.6 Å². The lowest BCUT2D eigenvalue weighted by Gasteiger charge is -2.40. The van der Waals surface area contributed by atoms with Gasteiger partial charge in [0.25, 0.3) is 0 Å². The Morgan fingerprint density at radius 1 is 0.656 bits per heavy atom. The molecule has 22 heteroatoms. The van der Waals surface area contributed by atoms with Gasteiger partial charge in [-0.1, -0.05) is 12.1 Å². The third-order valence-electron chi connectivity index (χ3n) is 9.35. The van der Waals surface area contributed by atoms with Gasteiger partial charge in [0.05, 0.1) is 11.6 Å². The largest absolute Gasteiger partial charge is 0.508 e. The minimum absolute atomic E-state index is 0.00234. The average molecular weight is 860 g/mol. The highest BCUT2D eigenvalue weighted by Gasteiger charge is 2.48. The van der Waals surface area contributed by atoms with Crippen molar-refractivity contribution >= 4 is 35.0 Å². The molecular weight excluding hydrogens is 820 g/mol. The maximum Gasteiger partial charge on any atom is 0.402 e. The standard InChI is InChI=1S/C39H38O22/c40-17-4-1-15(2-5-17)3-6-28(46)55-13-25-31(49)34(52)36(54)39(61-25)59-24-11-19-22(57-37(24)16-7-20(42)30(48)21(43)8-16)9-18(41)10-23(19)58-38-35(53)33(51)32(50)26(60-38)14-56-29(47)12-27(44)45/h1-11,25-26,31-36,38-39,49-54H,12-14H2,(H5-,40,41,42,43,44,45,46,48)/p+1/t25-,26+,31-,32-,33+,34+,35-,36-,38-,39-/m1/s1. The van der Waals surface area contributed by atoms with Crippen LogP contribution in [0.2, 0.25) is 0 Å². The van der Waals surface area contributed by atoms with Crippen LogP contribution in [0.5, 0.6) is 40.2 Å². The lowest BCUT2D eigenvalue weighted by Crippen LogP contribution is -2.60. The number of rotatable bonds is 13. The number of aliphatic hydroxyl groups is 6. The number of hydrogen-bond acceptors (Lipinski definition) is 20. The van der Waals surface area contributed by atoms with Gasteiger partial charge in [0, 0.05) is 30.3 Å². The number of carbonyl (C=O) groups is 3. The number of hydrogen-bond donors (Lipinski definition) is 12. The smallest absolute Gasteiger partial charge is 0.402 e. The van der Waals surface area contributed by atoms with Gasteiger partial charge in [-0.15, -0.1) is 0 Å². The van der Waals surface area contributed by atoms with E-state index in [0.29, 0.717) is 5.56 Å². The van der Waals surface area contributed by atoms with Crippen LogP contribution in [0.1, 0.15) is 12.0 Å². The summed E-state index contributed by atoms with van der Waals surface area (Å²) >= 11 is 0. The van der Waals surface area contributed by atoms with E-state index in [4.69, 9.17) is 37.9 Å². The predicted octanol–water partition coefficient (Wildman–Crippen LogP) is -0.444. The fraction of sp³-hybridized carbons (Fsp3) is 0.333. The first kappa shape index (κ1) is 44.1. The van der Waals surface area contributed by atoms with Gasteiger partial charge in [-0.3, -0.25) is 9.59 Å². The molecule has 10 atom stereocenters. The maximum atomic E-state index is 12.5. The number of carbonyl (C=O) groups excluding carboxylic acids is 2. The SMILES string of the molecule is O=C(O)CC(=O)OC[C@@H]1O[C@@H](Oc2cc(O)cc3[o+]c(-c4cc(O)c(O)c(O)c4)c(O[C@@H]4O[C@H](COC(=O)C=Cc5ccc(O)cc5)[C@@H](O)[C@H](O)[C@H]4O)cc23)[C@H](O)[C@@H](O)[C@@H]1O. The number of aromatic hydroxyl groups is 5. The van der Waals surface area contributed by atoms with Crippen molar-refractivity contribution in [2.75, 3.05) is 13.2 Å². The lowest BCUT2D eigenvalue weighted by molar-refractivity contribution is -0.278. The Bertz CT molecular complexity index is 2250.